The Kier molecular flexibility index (Phi) is 3.22. The lowest BCUT2D eigenvalue weighted by Gasteiger charge is -2.40. The number of carboxylic acid groups (broad SMARTS) is 1. The van der Waals surface area contributed by atoms with Gasteiger partial charge in [0.05, 0.1) is 12.2 Å². The third kappa shape index (κ3) is 2.55. The molecule has 2 atom stereocenters. The minimum absolute atomic E-state index is 0.0200. The fraction of sp³-hybridized carbons (Fsp3) is 0.917. The zero-order valence-corrected chi connectivity index (χ0v) is 10.0. The molecule has 0 aromatic rings. The molecule has 2 aliphatic rings. The SMILES string of the molecule is CC1CC(NCC2CC2)(C(=O)O)CC(C)O1. The van der Waals surface area contributed by atoms with Gasteiger partial charge in [-0.25, -0.2) is 0 Å². The van der Waals surface area contributed by atoms with E-state index in [1.807, 2.05) is 13.8 Å². The molecule has 2 fully saturated rings. The van der Waals surface area contributed by atoms with Gasteiger partial charge in [0.2, 0.25) is 0 Å². The summed E-state index contributed by atoms with van der Waals surface area (Å²) in [5, 5.41) is 12.7. The molecule has 0 radical (unpaired) electrons. The van der Waals surface area contributed by atoms with Crippen LogP contribution in [0.15, 0.2) is 0 Å². The average Bonchev–Trinajstić information content (AvgIpc) is 2.96. The molecule has 1 saturated carbocycles. The van der Waals surface area contributed by atoms with Crippen molar-refractivity contribution in [3.05, 3.63) is 0 Å². The van der Waals surface area contributed by atoms with Gasteiger partial charge in [-0.15, -0.1) is 0 Å². The number of ether oxygens (including phenoxy) is 1. The van der Waals surface area contributed by atoms with E-state index in [9.17, 15) is 9.90 Å². The van der Waals surface area contributed by atoms with Crippen molar-refractivity contribution < 1.29 is 14.6 Å². The van der Waals surface area contributed by atoms with Crippen LogP contribution in [-0.2, 0) is 9.53 Å². The van der Waals surface area contributed by atoms with Crippen molar-refractivity contribution in [2.75, 3.05) is 6.54 Å². The molecule has 0 bridgehead atoms. The molecular formula is C12H21NO3. The fourth-order valence-corrected chi connectivity index (χ4v) is 2.61. The monoisotopic (exact) mass is 227 g/mol. The molecule has 2 unspecified atom stereocenters. The molecule has 4 heteroatoms. The lowest BCUT2D eigenvalue weighted by Crippen LogP contribution is -2.59. The van der Waals surface area contributed by atoms with E-state index < -0.39 is 11.5 Å². The van der Waals surface area contributed by atoms with Gasteiger partial charge in [-0.05, 0) is 39.2 Å². The van der Waals surface area contributed by atoms with Gasteiger partial charge in [-0.1, -0.05) is 0 Å². The maximum atomic E-state index is 11.5. The van der Waals surface area contributed by atoms with Crippen molar-refractivity contribution in [3.63, 3.8) is 0 Å². The van der Waals surface area contributed by atoms with Crippen LogP contribution in [0, 0.1) is 5.92 Å². The molecule has 0 spiro atoms. The smallest absolute Gasteiger partial charge is 0.324 e. The van der Waals surface area contributed by atoms with Crippen molar-refractivity contribution in [3.8, 4) is 0 Å². The summed E-state index contributed by atoms with van der Waals surface area (Å²) < 4.78 is 5.61. The van der Waals surface area contributed by atoms with Crippen molar-refractivity contribution in [1.82, 2.24) is 5.32 Å². The second-order valence-electron chi connectivity index (χ2n) is 5.38. The minimum atomic E-state index is -0.764. The summed E-state index contributed by atoms with van der Waals surface area (Å²) in [7, 11) is 0. The van der Waals surface area contributed by atoms with Crippen molar-refractivity contribution in [2.24, 2.45) is 5.92 Å². The Bertz CT molecular complexity index is 265. The quantitative estimate of drug-likeness (QED) is 0.762. The number of carboxylic acids is 1. The summed E-state index contributed by atoms with van der Waals surface area (Å²) in [6.45, 7) is 4.74. The zero-order valence-electron chi connectivity index (χ0n) is 10.0. The number of hydrogen-bond donors (Lipinski definition) is 2. The molecule has 0 aromatic carbocycles. The molecule has 2 N–H and O–H groups in total. The Morgan fingerprint density at radius 3 is 2.38 bits per heavy atom. The summed E-state index contributed by atoms with van der Waals surface area (Å²) in [6, 6.07) is 0. The third-order valence-electron chi connectivity index (χ3n) is 3.57. The molecule has 1 saturated heterocycles. The summed E-state index contributed by atoms with van der Waals surface area (Å²) >= 11 is 0. The molecule has 0 amide bonds. The molecule has 4 nitrogen and oxygen atoms in total. The van der Waals surface area contributed by atoms with Gasteiger partial charge in [0.15, 0.2) is 0 Å². The first-order chi connectivity index (χ1) is 7.52. The second kappa shape index (κ2) is 4.34. The number of carbonyl (C=O) groups is 1. The molecule has 16 heavy (non-hydrogen) atoms. The van der Waals surface area contributed by atoms with Crippen LogP contribution < -0.4 is 5.32 Å². The van der Waals surface area contributed by atoms with E-state index >= 15 is 0 Å². The Labute approximate surface area is 96.4 Å². The average molecular weight is 227 g/mol. The highest BCUT2D eigenvalue weighted by molar-refractivity contribution is 5.79. The Morgan fingerprint density at radius 1 is 1.38 bits per heavy atom. The van der Waals surface area contributed by atoms with Gasteiger partial charge in [-0.2, -0.15) is 0 Å². The van der Waals surface area contributed by atoms with Crippen molar-refractivity contribution in [1.29, 1.82) is 0 Å². The lowest BCUT2D eigenvalue weighted by molar-refractivity contribution is -0.156. The maximum Gasteiger partial charge on any atom is 0.324 e. The predicted molar refractivity (Wildman–Crippen MR) is 60.3 cm³/mol. The van der Waals surface area contributed by atoms with Crippen molar-refractivity contribution >= 4 is 5.97 Å². The van der Waals surface area contributed by atoms with E-state index in [0.29, 0.717) is 18.8 Å². The van der Waals surface area contributed by atoms with Gasteiger partial charge in [0.25, 0.3) is 0 Å². The Balaban J connectivity index is 2.03. The first kappa shape index (κ1) is 11.9. The van der Waals surface area contributed by atoms with Crippen molar-refractivity contribution in [2.45, 2.75) is 57.3 Å². The van der Waals surface area contributed by atoms with Gasteiger partial charge >= 0.3 is 5.97 Å². The topological polar surface area (TPSA) is 58.6 Å². The highest BCUT2D eigenvalue weighted by atomic mass is 16.5. The van der Waals surface area contributed by atoms with Crippen LogP contribution in [0.2, 0.25) is 0 Å². The van der Waals surface area contributed by atoms with Crippen LogP contribution in [0.5, 0.6) is 0 Å². The predicted octanol–water partition coefficient (Wildman–Crippen LogP) is 1.40. The summed E-state index contributed by atoms with van der Waals surface area (Å²) in [6.07, 6.45) is 3.66. The van der Waals surface area contributed by atoms with E-state index in [2.05, 4.69) is 5.32 Å². The molecule has 1 aliphatic carbocycles. The van der Waals surface area contributed by atoms with Gasteiger partial charge < -0.3 is 15.2 Å². The Hall–Kier alpha value is -0.610. The molecule has 92 valence electrons. The van der Waals surface area contributed by atoms with E-state index in [1.165, 1.54) is 12.8 Å². The highest BCUT2D eigenvalue weighted by Crippen LogP contribution is 2.32. The number of nitrogens with one attached hydrogen (secondary N) is 1. The largest absolute Gasteiger partial charge is 0.480 e. The number of hydrogen-bond acceptors (Lipinski definition) is 3. The van der Waals surface area contributed by atoms with Gasteiger partial charge in [0, 0.05) is 12.8 Å². The lowest BCUT2D eigenvalue weighted by atomic mass is 9.84. The van der Waals surface area contributed by atoms with E-state index in [1.54, 1.807) is 0 Å². The van der Waals surface area contributed by atoms with Crippen LogP contribution in [0.4, 0.5) is 0 Å². The first-order valence-electron chi connectivity index (χ1n) is 6.16. The van der Waals surface area contributed by atoms with Crippen LogP contribution in [-0.4, -0.2) is 35.4 Å². The van der Waals surface area contributed by atoms with Crippen LogP contribution in [0.25, 0.3) is 0 Å². The zero-order chi connectivity index (χ0) is 11.8. The van der Waals surface area contributed by atoms with Gasteiger partial charge in [-0.3, -0.25) is 4.79 Å². The number of rotatable bonds is 4. The second-order valence-corrected chi connectivity index (χ2v) is 5.38. The van der Waals surface area contributed by atoms with Crippen LogP contribution >= 0.6 is 0 Å². The van der Waals surface area contributed by atoms with E-state index in [0.717, 1.165) is 6.54 Å². The highest BCUT2D eigenvalue weighted by Gasteiger charge is 2.45. The normalized spacial score (nSPS) is 39.6. The fourth-order valence-electron chi connectivity index (χ4n) is 2.61. The molecule has 0 aromatic heterocycles. The minimum Gasteiger partial charge on any atom is -0.480 e. The molecule has 2 rings (SSSR count). The molecule has 1 heterocycles. The molecule has 1 aliphatic heterocycles. The van der Waals surface area contributed by atoms with E-state index in [4.69, 9.17) is 4.74 Å². The maximum absolute atomic E-state index is 11.5. The third-order valence-corrected chi connectivity index (χ3v) is 3.57. The standard InChI is InChI=1S/C12H21NO3/c1-8-5-12(11(14)15,6-9(2)16-8)13-7-10-3-4-10/h8-10,13H,3-7H2,1-2H3,(H,14,15). The number of aliphatic carboxylic acids is 1. The molecular weight excluding hydrogens is 206 g/mol. The summed E-state index contributed by atoms with van der Waals surface area (Å²) in [4.78, 5) is 11.5. The van der Waals surface area contributed by atoms with Crippen LogP contribution in [0.3, 0.4) is 0 Å². The summed E-state index contributed by atoms with van der Waals surface area (Å²) in [5.74, 6) is -0.0279. The van der Waals surface area contributed by atoms with Gasteiger partial charge in [0.1, 0.15) is 5.54 Å². The van der Waals surface area contributed by atoms with E-state index in [-0.39, 0.29) is 12.2 Å². The first-order valence-corrected chi connectivity index (χ1v) is 6.16. The van der Waals surface area contributed by atoms with Crippen LogP contribution in [0.1, 0.15) is 39.5 Å². The Morgan fingerprint density at radius 2 is 1.94 bits per heavy atom. The summed E-state index contributed by atoms with van der Waals surface area (Å²) in [5.41, 5.74) is -0.764.